The third-order valence-electron chi connectivity index (χ3n) is 4.98. The molecule has 0 spiro atoms. The first kappa shape index (κ1) is 26.1. The predicted octanol–water partition coefficient (Wildman–Crippen LogP) is 6.37. The summed E-state index contributed by atoms with van der Waals surface area (Å²) in [5.74, 6) is 0. The molecule has 0 aliphatic rings. The molecule has 0 aromatic heterocycles. The van der Waals surface area contributed by atoms with Gasteiger partial charge in [0.25, 0.3) is 0 Å². The van der Waals surface area contributed by atoms with Crippen molar-refractivity contribution in [2.24, 2.45) is 0 Å². The summed E-state index contributed by atoms with van der Waals surface area (Å²) in [6, 6.07) is -0.816. The van der Waals surface area contributed by atoms with E-state index in [9.17, 15) is 4.79 Å². The van der Waals surface area contributed by atoms with Crippen molar-refractivity contribution in [3.63, 3.8) is 0 Å². The van der Waals surface area contributed by atoms with Gasteiger partial charge < -0.3 is 14.5 Å². The Hall–Kier alpha value is -0.883. The Morgan fingerprint density at radius 1 is 1.19 bits per heavy atom. The Balaban J connectivity index is 5.44. The highest BCUT2D eigenvalue weighted by Crippen LogP contribution is 2.38. The van der Waals surface area contributed by atoms with E-state index in [1.54, 1.807) is 26.8 Å². The number of halogens is 1. The molecular formula is C21H42FNO3Si. The van der Waals surface area contributed by atoms with Crippen molar-refractivity contribution in [1.82, 2.24) is 5.32 Å². The molecule has 27 heavy (non-hydrogen) atoms. The van der Waals surface area contributed by atoms with Crippen molar-refractivity contribution < 1.29 is 18.3 Å². The lowest BCUT2D eigenvalue weighted by Crippen LogP contribution is -2.55. The predicted molar refractivity (Wildman–Crippen MR) is 114 cm³/mol. The zero-order valence-corrected chi connectivity index (χ0v) is 19.9. The maximum absolute atomic E-state index is 15.1. The van der Waals surface area contributed by atoms with Crippen LogP contribution in [-0.4, -0.2) is 38.3 Å². The topological polar surface area (TPSA) is 47.6 Å². The maximum atomic E-state index is 15.1. The Morgan fingerprint density at radius 2 is 1.74 bits per heavy atom. The standard InChI is InChI=1S/C21H42FNO3Si/c1-11-13-14-15-16(22)18(23-19(24)25-20(3,4)5)17(12-2)26-27(9,10)21(6,7)8/h12,16-18H,2,11,13-15H2,1,3-10H3,(H,23,24)/t16-,17+,18+/m0/s1. The van der Waals surface area contributed by atoms with Crippen LogP contribution in [-0.2, 0) is 9.16 Å². The molecule has 0 unspecified atom stereocenters. The number of amides is 1. The minimum Gasteiger partial charge on any atom is -0.444 e. The van der Waals surface area contributed by atoms with Crippen molar-refractivity contribution in [3.8, 4) is 0 Å². The van der Waals surface area contributed by atoms with Gasteiger partial charge in [0.05, 0.1) is 12.1 Å². The number of hydrogen-bond donors (Lipinski definition) is 1. The minimum atomic E-state index is -2.16. The molecule has 0 rings (SSSR count). The molecule has 1 N–H and O–H groups in total. The van der Waals surface area contributed by atoms with Gasteiger partial charge in [-0.25, -0.2) is 9.18 Å². The molecular weight excluding hydrogens is 361 g/mol. The molecule has 0 fully saturated rings. The second-order valence-corrected chi connectivity index (χ2v) is 14.5. The van der Waals surface area contributed by atoms with E-state index in [0.29, 0.717) is 6.42 Å². The van der Waals surface area contributed by atoms with E-state index < -0.39 is 38.3 Å². The largest absolute Gasteiger partial charge is 0.444 e. The van der Waals surface area contributed by atoms with Gasteiger partial charge in [-0.2, -0.15) is 0 Å². The number of ether oxygens (including phenoxy) is 1. The molecule has 160 valence electrons. The van der Waals surface area contributed by atoms with E-state index in [4.69, 9.17) is 9.16 Å². The summed E-state index contributed by atoms with van der Waals surface area (Å²) in [6.45, 7) is 21.9. The Bertz CT molecular complexity index is 469. The molecule has 0 heterocycles. The highest BCUT2D eigenvalue weighted by atomic mass is 28.4. The van der Waals surface area contributed by atoms with Gasteiger partial charge in [0.15, 0.2) is 8.32 Å². The van der Waals surface area contributed by atoms with E-state index >= 15 is 4.39 Å². The monoisotopic (exact) mass is 403 g/mol. The summed E-state index contributed by atoms with van der Waals surface area (Å²) < 4.78 is 26.8. The fourth-order valence-corrected chi connectivity index (χ4v) is 3.65. The molecule has 6 heteroatoms. The highest BCUT2D eigenvalue weighted by Gasteiger charge is 2.42. The molecule has 0 saturated carbocycles. The number of nitrogens with one attached hydrogen (secondary N) is 1. The SMILES string of the molecule is C=C[C@@H](O[Si](C)(C)C(C)(C)C)[C@H](NC(=O)OC(C)(C)C)[C@@H](F)CCCCC. The lowest BCUT2D eigenvalue weighted by atomic mass is 10.0. The first-order valence-electron chi connectivity index (χ1n) is 10.1. The van der Waals surface area contributed by atoms with E-state index in [-0.39, 0.29) is 5.04 Å². The molecule has 0 saturated heterocycles. The van der Waals surface area contributed by atoms with Gasteiger partial charge in [0.1, 0.15) is 11.8 Å². The van der Waals surface area contributed by atoms with Gasteiger partial charge in [-0.1, -0.05) is 53.0 Å². The molecule has 4 nitrogen and oxygen atoms in total. The average molecular weight is 404 g/mol. The van der Waals surface area contributed by atoms with Crippen molar-refractivity contribution >= 4 is 14.4 Å². The summed E-state index contributed by atoms with van der Waals surface area (Å²) in [5, 5.41) is 2.69. The molecule has 1 amide bonds. The van der Waals surface area contributed by atoms with Crippen LogP contribution in [0, 0.1) is 0 Å². The van der Waals surface area contributed by atoms with Crippen LogP contribution in [0.15, 0.2) is 12.7 Å². The van der Waals surface area contributed by atoms with Crippen LogP contribution in [0.4, 0.5) is 9.18 Å². The zero-order chi connectivity index (χ0) is 21.5. The lowest BCUT2D eigenvalue weighted by molar-refractivity contribution is 0.0384. The summed E-state index contributed by atoms with van der Waals surface area (Å²) in [5.41, 5.74) is -0.646. The molecule has 0 aromatic rings. The summed E-state index contributed by atoms with van der Waals surface area (Å²) >= 11 is 0. The minimum absolute atomic E-state index is 0.0290. The van der Waals surface area contributed by atoms with Crippen molar-refractivity contribution in [2.45, 2.75) is 116 Å². The van der Waals surface area contributed by atoms with Crippen molar-refractivity contribution in [1.29, 1.82) is 0 Å². The smallest absolute Gasteiger partial charge is 0.408 e. The van der Waals surface area contributed by atoms with Crippen LogP contribution in [0.1, 0.15) is 74.1 Å². The first-order valence-corrected chi connectivity index (χ1v) is 13.0. The number of carbonyl (C=O) groups excluding carboxylic acids is 1. The third-order valence-corrected chi connectivity index (χ3v) is 9.45. The average Bonchev–Trinajstić information content (AvgIpc) is 2.47. The normalized spacial score (nSPS) is 16.4. The second-order valence-electron chi connectivity index (χ2n) is 9.76. The van der Waals surface area contributed by atoms with Crippen LogP contribution < -0.4 is 5.32 Å². The molecule has 0 aliphatic heterocycles. The van der Waals surface area contributed by atoms with Gasteiger partial charge in [0.2, 0.25) is 0 Å². The van der Waals surface area contributed by atoms with Crippen LogP contribution in [0.25, 0.3) is 0 Å². The maximum Gasteiger partial charge on any atom is 0.408 e. The Labute approximate surface area is 167 Å². The molecule has 0 aliphatic carbocycles. The molecule has 0 radical (unpaired) electrons. The van der Waals surface area contributed by atoms with Gasteiger partial charge in [-0.05, 0) is 45.3 Å². The van der Waals surface area contributed by atoms with Crippen molar-refractivity contribution in [3.05, 3.63) is 12.7 Å². The number of unbranched alkanes of at least 4 members (excludes halogenated alkanes) is 2. The molecule has 0 bridgehead atoms. The van der Waals surface area contributed by atoms with E-state index in [0.717, 1.165) is 19.3 Å². The number of alkyl halides is 1. The van der Waals surface area contributed by atoms with Gasteiger partial charge in [-0.3, -0.25) is 0 Å². The van der Waals surface area contributed by atoms with Crippen molar-refractivity contribution in [2.75, 3.05) is 0 Å². The first-order chi connectivity index (χ1) is 12.1. The second kappa shape index (κ2) is 10.6. The van der Waals surface area contributed by atoms with E-state index in [2.05, 4.69) is 52.7 Å². The van der Waals surface area contributed by atoms with Crippen LogP contribution in [0.2, 0.25) is 18.1 Å². The summed E-state index contributed by atoms with van der Waals surface area (Å²) in [6.07, 6.45) is 2.27. The zero-order valence-electron chi connectivity index (χ0n) is 18.9. The Kier molecular flexibility index (Phi) is 10.3. The van der Waals surface area contributed by atoms with Crippen LogP contribution in [0.3, 0.4) is 0 Å². The fraction of sp³-hybridized carbons (Fsp3) is 0.857. The molecule has 3 atom stereocenters. The van der Waals surface area contributed by atoms with E-state index in [1.165, 1.54) is 0 Å². The number of carbonyl (C=O) groups is 1. The fourth-order valence-electron chi connectivity index (χ4n) is 2.38. The van der Waals surface area contributed by atoms with Gasteiger partial charge in [0, 0.05) is 0 Å². The highest BCUT2D eigenvalue weighted by molar-refractivity contribution is 6.74. The quantitative estimate of drug-likeness (QED) is 0.262. The van der Waals surface area contributed by atoms with E-state index in [1.807, 2.05) is 0 Å². The summed E-state index contributed by atoms with van der Waals surface area (Å²) in [4.78, 5) is 12.3. The molecule has 0 aromatic carbocycles. The number of alkyl carbamates (subject to hydrolysis) is 1. The van der Waals surface area contributed by atoms with Gasteiger partial charge >= 0.3 is 6.09 Å². The third kappa shape index (κ3) is 9.74. The van der Waals surface area contributed by atoms with Crippen LogP contribution >= 0.6 is 0 Å². The number of hydrogen-bond acceptors (Lipinski definition) is 3. The number of rotatable bonds is 10. The van der Waals surface area contributed by atoms with Crippen LogP contribution in [0.5, 0.6) is 0 Å². The lowest BCUT2D eigenvalue weighted by Gasteiger charge is -2.41. The summed E-state index contributed by atoms with van der Waals surface area (Å²) in [7, 11) is -2.16. The van der Waals surface area contributed by atoms with Gasteiger partial charge in [-0.15, -0.1) is 6.58 Å². The Morgan fingerprint density at radius 3 is 2.15 bits per heavy atom.